The molecule has 2 aromatic carbocycles. The highest BCUT2D eigenvalue weighted by Crippen LogP contribution is 2.26. The van der Waals surface area contributed by atoms with E-state index in [2.05, 4.69) is 32.9 Å². The summed E-state index contributed by atoms with van der Waals surface area (Å²) in [6.45, 7) is 3.17. The van der Waals surface area contributed by atoms with Gasteiger partial charge in [-0.15, -0.1) is 24.0 Å². The lowest BCUT2D eigenvalue weighted by atomic mass is 10.1. The Morgan fingerprint density at radius 1 is 1.07 bits per heavy atom. The first-order valence-corrected chi connectivity index (χ1v) is 8.41. The quantitative estimate of drug-likeness (QED) is 0.315. The normalized spacial score (nSPS) is 10.8. The first-order chi connectivity index (χ1) is 12.7. The highest BCUT2D eigenvalue weighted by atomic mass is 127. The molecule has 0 fully saturated rings. The highest BCUT2D eigenvalue weighted by molar-refractivity contribution is 14.0. The number of hydrogen-bond donors (Lipinski definition) is 2. The van der Waals surface area contributed by atoms with E-state index < -0.39 is 0 Å². The van der Waals surface area contributed by atoms with E-state index in [1.807, 2.05) is 49.4 Å². The zero-order valence-corrected chi connectivity index (χ0v) is 17.6. The maximum Gasteiger partial charge on any atom is 0.191 e. The first-order valence-electron chi connectivity index (χ1n) is 8.41. The van der Waals surface area contributed by atoms with Gasteiger partial charge in [-0.1, -0.05) is 35.5 Å². The lowest BCUT2D eigenvalue weighted by Crippen LogP contribution is -2.36. The summed E-state index contributed by atoms with van der Waals surface area (Å²) in [7, 11) is 1.73. The van der Waals surface area contributed by atoms with E-state index in [1.165, 1.54) is 0 Å². The van der Waals surface area contributed by atoms with E-state index in [4.69, 9.17) is 9.26 Å². The molecule has 6 nitrogen and oxygen atoms in total. The third kappa shape index (κ3) is 6.28. The van der Waals surface area contributed by atoms with Crippen LogP contribution in [0.5, 0.6) is 11.5 Å². The first kappa shape index (κ1) is 20.8. The molecule has 3 rings (SSSR count). The van der Waals surface area contributed by atoms with E-state index in [0.29, 0.717) is 19.0 Å². The van der Waals surface area contributed by atoms with Crippen LogP contribution in [0.4, 0.5) is 0 Å². The number of guanidine groups is 1. The highest BCUT2D eigenvalue weighted by Gasteiger charge is 2.07. The van der Waals surface area contributed by atoms with Gasteiger partial charge in [0.1, 0.15) is 23.5 Å². The van der Waals surface area contributed by atoms with Crippen LogP contribution >= 0.6 is 24.0 Å². The van der Waals surface area contributed by atoms with E-state index in [9.17, 15) is 0 Å². The molecule has 0 bridgehead atoms. The van der Waals surface area contributed by atoms with Crippen molar-refractivity contribution in [3.63, 3.8) is 0 Å². The summed E-state index contributed by atoms with van der Waals surface area (Å²) in [6, 6.07) is 17.7. The van der Waals surface area contributed by atoms with Gasteiger partial charge in [-0.05, 0) is 30.7 Å². The van der Waals surface area contributed by atoms with Crippen molar-refractivity contribution in [3.05, 3.63) is 77.7 Å². The van der Waals surface area contributed by atoms with Crippen LogP contribution in [0.15, 0.2) is 70.4 Å². The zero-order valence-electron chi connectivity index (χ0n) is 15.3. The molecule has 0 saturated carbocycles. The van der Waals surface area contributed by atoms with Gasteiger partial charge in [0.15, 0.2) is 5.96 Å². The Kier molecular flexibility index (Phi) is 8.12. The van der Waals surface area contributed by atoms with Crippen LogP contribution in [0, 0.1) is 6.92 Å². The van der Waals surface area contributed by atoms with Gasteiger partial charge in [0.25, 0.3) is 0 Å². The molecule has 0 aliphatic heterocycles. The number of nitrogens with one attached hydrogen (secondary N) is 2. The fraction of sp³-hybridized carbons (Fsp3) is 0.200. The Balaban J connectivity index is 0.00000261. The molecule has 3 aromatic rings. The lowest BCUT2D eigenvalue weighted by molar-refractivity contribution is 0.410. The lowest BCUT2D eigenvalue weighted by Gasteiger charge is -2.15. The van der Waals surface area contributed by atoms with Gasteiger partial charge in [-0.3, -0.25) is 4.99 Å². The third-order valence-electron chi connectivity index (χ3n) is 3.79. The van der Waals surface area contributed by atoms with Crippen molar-refractivity contribution in [1.82, 2.24) is 15.8 Å². The number of rotatable bonds is 6. The van der Waals surface area contributed by atoms with Crippen LogP contribution in [0.1, 0.15) is 16.8 Å². The van der Waals surface area contributed by atoms with Crippen LogP contribution in [-0.2, 0) is 13.1 Å². The minimum absolute atomic E-state index is 0. The number of para-hydroxylation sites is 1. The molecular formula is C20H23IN4O2. The fourth-order valence-corrected chi connectivity index (χ4v) is 2.42. The Morgan fingerprint density at radius 3 is 2.56 bits per heavy atom. The van der Waals surface area contributed by atoms with Crippen LogP contribution in [0.3, 0.4) is 0 Å². The van der Waals surface area contributed by atoms with Gasteiger partial charge in [0.05, 0.1) is 6.54 Å². The Bertz CT molecular complexity index is 852. The van der Waals surface area contributed by atoms with Crippen LogP contribution in [0.2, 0.25) is 0 Å². The summed E-state index contributed by atoms with van der Waals surface area (Å²) in [5.41, 5.74) is 3.01. The number of aryl methyl sites for hydroxylation is 1. The average molecular weight is 478 g/mol. The second-order valence-corrected chi connectivity index (χ2v) is 5.80. The molecule has 0 radical (unpaired) electrons. The predicted octanol–water partition coefficient (Wildman–Crippen LogP) is 4.26. The van der Waals surface area contributed by atoms with E-state index in [-0.39, 0.29) is 24.0 Å². The van der Waals surface area contributed by atoms with Gasteiger partial charge < -0.3 is 19.9 Å². The maximum atomic E-state index is 6.05. The Hall–Kier alpha value is -2.55. The largest absolute Gasteiger partial charge is 0.457 e. The van der Waals surface area contributed by atoms with E-state index in [0.717, 1.165) is 28.3 Å². The van der Waals surface area contributed by atoms with Gasteiger partial charge in [0.2, 0.25) is 0 Å². The summed E-state index contributed by atoms with van der Waals surface area (Å²) >= 11 is 0. The standard InChI is InChI=1S/C20H22N4O2.HI/c1-15-8-9-16(19(12-15)26-18-6-4-3-5-7-18)13-22-20(21-2)23-14-17-10-11-25-24-17;/h3-12H,13-14H2,1-2H3,(H2,21,22,23);1H. The molecule has 2 N–H and O–H groups in total. The number of nitrogens with zero attached hydrogens (tertiary/aromatic N) is 2. The summed E-state index contributed by atoms with van der Waals surface area (Å²) in [5, 5.41) is 10.4. The molecule has 142 valence electrons. The molecule has 0 atom stereocenters. The SMILES string of the molecule is CN=C(NCc1ccon1)NCc1ccc(C)cc1Oc1ccccc1.I. The maximum absolute atomic E-state index is 6.05. The van der Waals surface area contributed by atoms with Crippen molar-refractivity contribution >= 4 is 29.9 Å². The second kappa shape index (κ2) is 10.6. The second-order valence-electron chi connectivity index (χ2n) is 5.80. The van der Waals surface area contributed by atoms with Crippen molar-refractivity contribution < 1.29 is 9.26 Å². The predicted molar refractivity (Wildman–Crippen MR) is 117 cm³/mol. The third-order valence-corrected chi connectivity index (χ3v) is 3.79. The number of hydrogen-bond acceptors (Lipinski definition) is 4. The van der Waals surface area contributed by atoms with Crippen molar-refractivity contribution in [3.8, 4) is 11.5 Å². The van der Waals surface area contributed by atoms with Crippen LogP contribution in [-0.4, -0.2) is 18.2 Å². The molecule has 27 heavy (non-hydrogen) atoms. The van der Waals surface area contributed by atoms with Crippen molar-refractivity contribution in [2.75, 3.05) is 7.05 Å². The van der Waals surface area contributed by atoms with Crippen molar-refractivity contribution in [2.24, 2.45) is 4.99 Å². The molecule has 0 unspecified atom stereocenters. The topological polar surface area (TPSA) is 71.7 Å². The molecule has 0 saturated heterocycles. The summed E-state index contributed by atoms with van der Waals surface area (Å²) in [5.74, 6) is 2.32. The molecule has 0 spiro atoms. The minimum Gasteiger partial charge on any atom is -0.457 e. The molecule has 0 aliphatic rings. The zero-order chi connectivity index (χ0) is 18.2. The smallest absolute Gasteiger partial charge is 0.191 e. The van der Waals surface area contributed by atoms with E-state index in [1.54, 1.807) is 13.3 Å². The van der Waals surface area contributed by atoms with Crippen LogP contribution in [0.25, 0.3) is 0 Å². The number of aromatic nitrogens is 1. The molecule has 0 amide bonds. The monoisotopic (exact) mass is 478 g/mol. The number of halogens is 1. The van der Waals surface area contributed by atoms with Gasteiger partial charge in [-0.25, -0.2) is 0 Å². The van der Waals surface area contributed by atoms with Gasteiger partial charge in [-0.2, -0.15) is 0 Å². The van der Waals surface area contributed by atoms with Crippen molar-refractivity contribution in [2.45, 2.75) is 20.0 Å². The number of benzene rings is 2. The number of ether oxygens (including phenoxy) is 1. The molecule has 7 heteroatoms. The van der Waals surface area contributed by atoms with Crippen molar-refractivity contribution in [1.29, 1.82) is 0 Å². The van der Waals surface area contributed by atoms with E-state index >= 15 is 0 Å². The Morgan fingerprint density at radius 2 is 1.85 bits per heavy atom. The minimum atomic E-state index is 0. The molecular weight excluding hydrogens is 455 g/mol. The van der Waals surface area contributed by atoms with Gasteiger partial charge >= 0.3 is 0 Å². The van der Waals surface area contributed by atoms with Gasteiger partial charge in [0, 0.05) is 25.2 Å². The summed E-state index contributed by atoms with van der Waals surface area (Å²) in [4.78, 5) is 4.23. The summed E-state index contributed by atoms with van der Waals surface area (Å²) < 4.78 is 10.9. The number of aliphatic imine (C=N–C) groups is 1. The van der Waals surface area contributed by atoms with Crippen LogP contribution < -0.4 is 15.4 Å². The summed E-state index contributed by atoms with van der Waals surface area (Å²) in [6.07, 6.45) is 1.55. The Labute approximate surface area is 176 Å². The average Bonchev–Trinajstić information content (AvgIpc) is 3.18. The molecule has 0 aliphatic carbocycles. The molecule has 1 aromatic heterocycles. The fourth-order valence-electron chi connectivity index (χ4n) is 2.42. The molecule has 1 heterocycles.